The molecule has 1 N–H and O–H groups in total. The molecule has 0 saturated carbocycles. The van der Waals surface area contributed by atoms with E-state index in [2.05, 4.69) is 36.8 Å². The van der Waals surface area contributed by atoms with E-state index in [4.69, 9.17) is 0 Å². The Kier molecular flexibility index (Phi) is 6.20. The molecule has 0 atom stereocenters. The summed E-state index contributed by atoms with van der Waals surface area (Å²) in [7, 11) is 0. The molecule has 0 aliphatic carbocycles. The highest BCUT2D eigenvalue weighted by Crippen LogP contribution is 2.45. The number of benzene rings is 1. The number of carbonyl (C=O) groups excluding carboxylic acids is 1. The lowest BCUT2D eigenvalue weighted by atomic mass is 10.1. The van der Waals surface area contributed by atoms with Crippen LogP contribution in [-0.2, 0) is 5.92 Å². The number of nitrogens with zero attached hydrogens (tertiary/aromatic N) is 4. The molecule has 1 saturated heterocycles. The number of amides is 1. The minimum Gasteiger partial charge on any atom is -0.356 e. The zero-order valence-corrected chi connectivity index (χ0v) is 17.9. The van der Waals surface area contributed by atoms with Crippen molar-refractivity contribution < 1.29 is 22.4 Å². The maximum absolute atomic E-state index is 13.7. The number of pyridine rings is 1. The van der Waals surface area contributed by atoms with E-state index in [-0.39, 0.29) is 11.3 Å². The van der Waals surface area contributed by atoms with Crippen LogP contribution in [0.1, 0.15) is 28.8 Å². The molecule has 1 aliphatic rings. The molecule has 0 radical (unpaired) electrons. The highest BCUT2D eigenvalue weighted by molar-refractivity contribution is 6.22. The third-order valence-electron chi connectivity index (χ3n) is 5.27. The molecule has 11 heteroatoms. The first-order valence-electron chi connectivity index (χ1n) is 10.0. The van der Waals surface area contributed by atoms with Crippen molar-refractivity contribution in [3.8, 4) is 11.1 Å². The van der Waals surface area contributed by atoms with E-state index >= 15 is 0 Å². The first-order chi connectivity index (χ1) is 15.7. The summed E-state index contributed by atoms with van der Waals surface area (Å²) in [5.41, 5.74) is 0.771. The third kappa shape index (κ3) is 4.75. The van der Waals surface area contributed by atoms with E-state index in [0.29, 0.717) is 16.9 Å². The van der Waals surface area contributed by atoms with Crippen molar-refractivity contribution in [2.24, 2.45) is 0 Å². The molecule has 6 nitrogen and oxygen atoms in total. The van der Waals surface area contributed by atoms with Crippen LogP contribution < -0.4 is 10.2 Å². The van der Waals surface area contributed by atoms with Crippen molar-refractivity contribution in [1.29, 1.82) is 0 Å². The van der Waals surface area contributed by atoms with Gasteiger partial charge in [0, 0.05) is 54.1 Å². The van der Waals surface area contributed by atoms with Crippen LogP contribution in [0, 0.1) is 0 Å². The lowest BCUT2D eigenvalue weighted by Crippen LogP contribution is -2.32. The second-order valence-electron chi connectivity index (χ2n) is 7.52. The van der Waals surface area contributed by atoms with E-state index in [0.717, 1.165) is 50.2 Å². The Balaban J connectivity index is 1.59. The average Bonchev–Trinajstić information content (AvgIpc) is 3.34. The number of rotatable bonds is 6. The Bertz CT molecular complexity index is 1130. The van der Waals surface area contributed by atoms with Crippen LogP contribution in [0.25, 0.3) is 11.1 Å². The number of anilines is 2. The maximum Gasteiger partial charge on any atom is 0.388 e. The van der Waals surface area contributed by atoms with E-state index in [1.54, 1.807) is 18.5 Å². The van der Waals surface area contributed by atoms with Crippen LogP contribution in [0.2, 0.25) is 0 Å². The predicted octanol–water partition coefficient (Wildman–Crippen LogP) is 5.31. The van der Waals surface area contributed by atoms with Gasteiger partial charge < -0.3 is 10.2 Å². The molecule has 0 bridgehead atoms. The van der Waals surface area contributed by atoms with Gasteiger partial charge in [-0.2, -0.15) is 17.6 Å². The molecule has 4 rings (SSSR count). The molecule has 1 aliphatic heterocycles. The van der Waals surface area contributed by atoms with Crippen LogP contribution >= 0.6 is 11.6 Å². The van der Waals surface area contributed by atoms with Gasteiger partial charge in [-0.25, -0.2) is 15.0 Å². The summed E-state index contributed by atoms with van der Waals surface area (Å²) in [6.07, 6.45) is 8.15. The molecule has 3 heterocycles. The van der Waals surface area contributed by atoms with E-state index in [1.165, 1.54) is 12.5 Å². The van der Waals surface area contributed by atoms with Crippen molar-refractivity contribution >= 4 is 29.0 Å². The monoisotopic (exact) mass is 479 g/mol. The normalized spacial score (nSPS) is 14.4. The summed E-state index contributed by atoms with van der Waals surface area (Å²) in [5.74, 6) is -4.39. The van der Waals surface area contributed by atoms with Gasteiger partial charge in [-0.1, -0.05) is 12.1 Å². The molecule has 1 aromatic carbocycles. The lowest BCUT2D eigenvalue weighted by molar-refractivity contribution is -0.164. The summed E-state index contributed by atoms with van der Waals surface area (Å²) in [6.45, 7) is 1.69. The SMILES string of the molecule is O=C(Nc1ccc(C(F)(F)C(F)(F)Cl)cc1)c1cnc(N2CCCC2)c(-c2cncnc2)c1. The van der Waals surface area contributed by atoms with Gasteiger partial charge in [0.1, 0.15) is 12.1 Å². The van der Waals surface area contributed by atoms with Gasteiger partial charge in [-0.15, -0.1) is 0 Å². The molecular weight excluding hydrogens is 462 g/mol. The fourth-order valence-electron chi connectivity index (χ4n) is 3.54. The quantitative estimate of drug-likeness (QED) is 0.383. The second kappa shape index (κ2) is 8.93. The summed E-state index contributed by atoms with van der Waals surface area (Å²) in [4.78, 5) is 27.5. The molecular formula is C22H18ClF4N5O. The van der Waals surface area contributed by atoms with E-state index < -0.39 is 22.8 Å². The highest BCUT2D eigenvalue weighted by Gasteiger charge is 2.56. The smallest absolute Gasteiger partial charge is 0.356 e. The standard InChI is InChI=1S/C22H18ClF4N5O/c23-22(26,27)21(24,25)16-3-5-17(6-4-16)31-20(33)14-9-18(15-10-28-13-29-11-15)19(30-12-14)32-7-1-2-8-32/h3-6,9-13H,1-2,7-8H2,(H,31,33). The third-order valence-corrected chi connectivity index (χ3v) is 5.50. The second-order valence-corrected chi connectivity index (χ2v) is 7.99. The van der Waals surface area contributed by atoms with Crippen molar-refractivity contribution in [3.05, 3.63) is 66.4 Å². The van der Waals surface area contributed by atoms with Crippen molar-refractivity contribution in [2.45, 2.75) is 24.1 Å². The van der Waals surface area contributed by atoms with Crippen molar-refractivity contribution in [3.63, 3.8) is 0 Å². The first-order valence-corrected chi connectivity index (χ1v) is 10.4. The van der Waals surface area contributed by atoms with Gasteiger partial charge in [0.25, 0.3) is 5.91 Å². The van der Waals surface area contributed by atoms with Crippen LogP contribution in [0.4, 0.5) is 29.1 Å². The summed E-state index contributed by atoms with van der Waals surface area (Å²) in [5, 5.41) is -2.18. The van der Waals surface area contributed by atoms with Crippen molar-refractivity contribution in [1.82, 2.24) is 15.0 Å². The summed E-state index contributed by atoms with van der Waals surface area (Å²) < 4.78 is 53.3. The maximum atomic E-state index is 13.7. The zero-order chi connectivity index (χ0) is 23.6. The summed E-state index contributed by atoms with van der Waals surface area (Å²) >= 11 is 4.52. The van der Waals surface area contributed by atoms with E-state index in [1.807, 2.05) is 0 Å². The van der Waals surface area contributed by atoms with Gasteiger partial charge in [0.15, 0.2) is 0 Å². The van der Waals surface area contributed by atoms with E-state index in [9.17, 15) is 22.4 Å². The number of halogens is 5. The lowest BCUT2D eigenvalue weighted by Gasteiger charge is -2.21. The highest BCUT2D eigenvalue weighted by atomic mass is 35.5. The Hall–Kier alpha value is -3.27. The minimum absolute atomic E-state index is 0.144. The van der Waals surface area contributed by atoms with Gasteiger partial charge in [-0.05, 0) is 42.6 Å². The minimum atomic E-state index is -4.74. The zero-order valence-electron chi connectivity index (χ0n) is 17.1. The van der Waals surface area contributed by atoms with Gasteiger partial charge >= 0.3 is 11.3 Å². The average molecular weight is 480 g/mol. The van der Waals surface area contributed by atoms with Crippen LogP contribution in [0.5, 0.6) is 0 Å². The van der Waals surface area contributed by atoms with Gasteiger partial charge in [0.2, 0.25) is 0 Å². The molecule has 2 aromatic heterocycles. The first kappa shape index (κ1) is 22.9. The Morgan fingerprint density at radius 3 is 2.24 bits per heavy atom. The van der Waals surface area contributed by atoms with Gasteiger partial charge in [-0.3, -0.25) is 4.79 Å². The van der Waals surface area contributed by atoms with Crippen molar-refractivity contribution in [2.75, 3.05) is 23.3 Å². The number of carbonyl (C=O) groups is 1. The Morgan fingerprint density at radius 1 is 1.00 bits per heavy atom. The molecule has 3 aromatic rings. The van der Waals surface area contributed by atoms with Gasteiger partial charge in [0.05, 0.1) is 5.56 Å². The van der Waals surface area contributed by atoms with Crippen LogP contribution in [0.3, 0.4) is 0 Å². The fourth-order valence-corrected chi connectivity index (χ4v) is 3.65. The fraction of sp³-hybridized carbons (Fsp3) is 0.273. The molecule has 172 valence electrons. The number of aromatic nitrogens is 3. The summed E-state index contributed by atoms with van der Waals surface area (Å²) in [6, 6.07) is 5.43. The Morgan fingerprint density at radius 2 is 1.64 bits per heavy atom. The molecule has 33 heavy (non-hydrogen) atoms. The number of alkyl halides is 5. The Labute approximate surface area is 191 Å². The number of hydrogen-bond donors (Lipinski definition) is 1. The molecule has 1 fully saturated rings. The largest absolute Gasteiger partial charge is 0.388 e. The molecule has 1 amide bonds. The topological polar surface area (TPSA) is 71.0 Å². The van der Waals surface area contributed by atoms with Crippen LogP contribution in [0.15, 0.2) is 55.2 Å². The molecule has 0 spiro atoms. The van der Waals surface area contributed by atoms with Crippen LogP contribution in [-0.4, -0.2) is 39.3 Å². The molecule has 0 unspecified atom stereocenters. The number of hydrogen-bond acceptors (Lipinski definition) is 5. The number of nitrogens with one attached hydrogen (secondary N) is 1. The predicted molar refractivity (Wildman–Crippen MR) is 116 cm³/mol.